The SMILES string of the molecule is Cc1ccc(N2CC(c3nc(C4(N)CCC4)no3)CC2=O)cc1. The van der Waals surface area contributed by atoms with Crippen LogP contribution in [0, 0.1) is 6.92 Å². The largest absolute Gasteiger partial charge is 0.339 e. The Hall–Kier alpha value is -2.21. The van der Waals surface area contributed by atoms with Crippen LogP contribution in [0.1, 0.15) is 48.9 Å². The molecule has 23 heavy (non-hydrogen) atoms. The summed E-state index contributed by atoms with van der Waals surface area (Å²) in [7, 11) is 0. The van der Waals surface area contributed by atoms with Crippen LogP contribution in [0.3, 0.4) is 0 Å². The van der Waals surface area contributed by atoms with Crippen LogP contribution in [0.5, 0.6) is 0 Å². The molecule has 2 aliphatic rings. The Morgan fingerprint density at radius 1 is 1.30 bits per heavy atom. The minimum absolute atomic E-state index is 0.0614. The molecule has 2 fully saturated rings. The first-order valence-corrected chi connectivity index (χ1v) is 8.05. The van der Waals surface area contributed by atoms with Crippen LogP contribution in [0.25, 0.3) is 0 Å². The predicted molar refractivity (Wildman–Crippen MR) is 84.9 cm³/mol. The minimum atomic E-state index is -0.430. The Labute approximate surface area is 134 Å². The number of anilines is 1. The second kappa shape index (κ2) is 5.16. The molecule has 2 N–H and O–H groups in total. The molecule has 1 aliphatic carbocycles. The first-order valence-electron chi connectivity index (χ1n) is 8.05. The molecule has 1 saturated carbocycles. The molecule has 1 atom stereocenters. The number of aromatic nitrogens is 2. The zero-order chi connectivity index (χ0) is 16.0. The maximum absolute atomic E-state index is 12.3. The van der Waals surface area contributed by atoms with Crippen molar-refractivity contribution >= 4 is 11.6 Å². The van der Waals surface area contributed by atoms with E-state index in [1.807, 2.05) is 31.2 Å². The smallest absolute Gasteiger partial charge is 0.232 e. The van der Waals surface area contributed by atoms with Gasteiger partial charge in [-0.15, -0.1) is 0 Å². The predicted octanol–water partition coefficient (Wildman–Crippen LogP) is 2.24. The third-order valence-electron chi connectivity index (χ3n) is 4.95. The van der Waals surface area contributed by atoms with Crippen molar-refractivity contribution in [3.05, 3.63) is 41.5 Å². The molecule has 2 heterocycles. The van der Waals surface area contributed by atoms with E-state index in [-0.39, 0.29) is 11.8 Å². The van der Waals surface area contributed by atoms with Crippen molar-refractivity contribution in [3.63, 3.8) is 0 Å². The number of carbonyl (C=O) groups is 1. The van der Waals surface area contributed by atoms with Gasteiger partial charge in [0.05, 0.1) is 11.5 Å². The van der Waals surface area contributed by atoms with Crippen LogP contribution in [0.4, 0.5) is 5.69 Å². The molecule has 6 nitrogen and oxygen atoms in total. The highest BCUT2D eigenvalue weighted by atomic mass is 16.5. The van der Waals surface area contributed by atoms with Crippen molar-refractivity contribution in [2.45, 2.75) is 44.1 Å². The Kier molecular flexibility index (Phi) is 3.23. The molecule has 1 aliphatic heterocycles. The molecule has 1 amide bonds. The average molecular weight is 312 g/mol. The summed E-state index contributed by atoms with van der Waals surface area (Å²) in [6.07, 6.45) is 3.28. The molecule has 4 rings (SSSR count). The van der Waals surface area contributed by atoms with E-state index in [4.69, 9.17) is 10.3 Å². The van der Waals surface area contributed by atoms with Crippen molar-refractivity contribution < 1.29 is 9.32 Å². The third-order valence-corrected chi connectivity index (χ3v) is 4.95. The van der Waals surface area contributed by atoms with Gasteiger partial charge >= 0.3 is 0 Å². The van der Waals surface area contributed by atoms with Gasteiger partial charge < -0.3 is 15.2 Å². The fourth-order valence-electron chi connectivity index (χ4n) is 3.23. The second-order valence-electron chi connectivity index (χ2n) is 6.71. The summed E-state index contributed by atoms with van der Waals surface area (Å²) in [4.78, 5) is 18.6. The van der Waals surface area contributed by atoms with Crippen LogP contribution >= 0.6 is 0 Å². The van der Waals surface area contributed by atoms with Gasteiger partial charge in [-0.2, -0.15) is 4.98 Å². The first kappa shape index (κ1) is 14.4. The van der Waals surface area contributed by atoms with E-state index < -0.39 is 5.54 Å². The second-order valence-corrected chi connectivity index (χ2v) is 6.71. The van der Waals surface area contributed by atoms with Gasteiger partial charge in [0.1, 0.15) is 0 Å². The van der Waals surface area contributed by atoms with Crippen LogP contribution in [-0.2, 0) is 10.3 Å². The van der Waals surface area contributed by atoms with Crippen molar-refractivity contribution in [2.24, 2.45) is 5.73 Å². The number of aryl methyl sites for hydroxylation is 1. The fourth-order valence-corrected chi connectivity index (χ4v) is 3.23. The van der Waals surface area contributed by atoms with E-state index in [9.17, 15) is 4.79 Å². The van der Waals surface area contributed by atoms with Crippen LogP contribution in [0.15, 0.2) is 28.8 Å². The number of amides is 1. The van der Waals surface area contributed by atoms with Crippen molar-refractivity contribution in [2.75, 3.05) is 11.4 Å². The van der Waals surface area contributed by atoms with E-state index >= 15 is 0 Å². The summed E-state index contributed by atoms with van der Waals surface area (Å²) in [5, 5.41) is 4.05. The Bertz CT molecular complexity index is 733. The summed E-state index contributed by atoms with van der Waals surface area (Å²) in [5.41, 5.74) is 7.89. The molecule has 1 unspecified atom stereocenters. The number of rotatable bonds is 3. The van der Waals surface area contributed by atoms with Gasteiger partial charge in [-0.1, -0.05) is 22.9 Å². The van der Waals surface area contributed by atoms with E-state index in [0.29, 0.717) is 24.7 Å². The van der Waals surface area contributed by atoms with Gasteiger partial charge in [0, 0.05) is 18.7 Å². The third kappa shape index (κ3) is 2.43. The number of carbonyl (C=O) groups excluding carboxylic acids is 1. The van der Waals surface area contributed by atoms with Crippen LogP contribution in [0.2, 0.25) is 0 Å². The maximum Gasteiger partial charge on any atom is 0.232 e. The Morgan fingerprint density at radius 3 is 2.70 bits per heavy atom. The average Bonchev–Trinajstić information content (AvgIpc) is 3.13. The van der Waals surface area contributed by atoms with Crippen molar-refractivity contribution in [1.82, 2.24) is 10.1 Å². The number of nitrogens with two attached hydrogens (primary N) is 1. The summed E-state index contributed by atoms with van der Waals surface area (Å²) in [6.45, 7) is 2.60. The molecule has 120 valence electrons. The quantitative estimate of drug-likeness (QED) is 0.939. The molecule has 0 spiro atoms. The molecule has 0 bridgehead atoms. The molecule has 1 aromatic carbocycles. The summed E-state index contributed by atoms with van der Waals surface area (Å²) in [6, 6.07) is 7.96. The van der Waals surface area contributed by atoms with Gasteiger partial charge in [-0.3, -0.25) is 4.79 Å². The first-order chi connectivity index (χ1) is 11.0. The normalized spacial score (nSPS) is 23.1. The van der Waals surface area contributed by atoms with Gasteiger partial charge in [0.25, 0.3) is 0 Å². The molecule has 6 heteroatoms. The van der Waals surface area contributed by atoms with Crippen molar-refractivity contribution in [3.8, 4) is 0 Å². The van der Waals surface area contributed by atoms with Gasteiger partial charge in [-0.05, 0) is 38.3 Å². The zero-order valence-electron chi connectivity index (χ0n) is 13.2. The van der Waals surface area contributed by atoms with E-state index in [1.165, 1.54) is 5.56 Å². The number of nitrogens with zero attached hydrogens (tertiary/aromatic N) is 3. The highest BCUT2D eigenvalue weighted by Crippen LogP contribution is 2.38. The summed E-state index contributed by atoms with van der Waals surface area (Å²) in [5.74, 6) is 1.14. The van der Waals surface area contributed by atoms with Crippen molar-refractivity contribution in [1.29, 1.82) is 0 Å². The Morgan fingerprint density at radius 2 is 2.04 bits per heavy atom. The lowest BCUT2D eigenvalue weighted by Crippen LogP contribution is -2.44. The fraction of sp³-hybridized carbons (Fsp3) is 0.471. The van der Waals surface area contributed by atoms with Gasteiger partial charge in [0.2, 0.25) is 11.8 Å². The highest BCUT2D eigenvalue weighted by molar-refractivity contribution is 5.96. The van der Waals surface area contributed by atoms with E-state index in [1.54, 1.807) is 4.90 Å². The number of hydrogen-bond acceptors (Lipinski definition) is 5. The van der Waals surface area contributed by atoms with Gasteiger partial charge in [-0.25, -0.2) is 0 Å². The van der Waals surface area contributed by atoms with Crippen LogP contribution < -0.4 is 10.6 Å². The Balaban J connectivity index is 1.53. The van der Waals surface area contributed by atoms with Gasteiger partial charge in [0.15, 0.2) is 5.82 Å². The number of benzene rings is 1. The zero-order valence-corrected chi connectivity index (χ0v) is 13.2. The topological polar surface area (TPSA) is 85.2 Å². The summed E-state index contributed by atoms with van der Waals surface area (Å²) < 4.78 is 5.40. The number of hydrogen-bond donors (Lipinski definition) is 1. The molecule has 2 aromatic rings. The lowest BCUT2D eigenvalue weighted by molar-refractivity contribution is -0.117. The highest BCUT2D eigenvalue weighted by Gasteiger charge is 2.41. The maximum atomic E-state index is 12.3. The van der Waals surface area contributed by atoms with Crippen LogP contribution in [-0.4, -0.2) is 22.6 Å². The molecule has 0 radical (unpaired) electrons. The monoisotopic (exact) mass is 312 g/mol. The van der Waals surface area contributed by atoms with E-state index in [2.05, 4.69) is 10.1 Å². The minimum Gasteiger partial charge on any atom is -0.339 e. The molecular weight excluding hydrogens is 292 g/mol. The standard InChI is InChI=1S/C17H20N4O2/c1-11-3-5-13(6-4-11)21-10-12(9-14(21)22)15-19-16(20-23-15)17(18)7-2-8-17/h3-6,12H,2,7-10,18H2,1H3. The lowest BCUT2D eigenvalue weighted by Gasteiger charge is -2.34. The molecular formula is C17H20N4O2. The summed E-state index contributed by atoms with van der Waals surface area (Å²) >= 11 is 0. The molecule has 1 aromatic heterocycles. The van der Waals surface area contributed by atoms with E-state index in [0.717, 1.165) is 24.9 Å². The molecule has 1 saturated heterocycles. The lowest BCUT2D eigenvalue weighted by atomic mass is 9.77.